The van der Waals surface area contributed by atoms with Crippen molar-refractivity contribution < 1.29 is 17.9 Å². The fraction of sp³-hybridized carbons (Fsp3) is 0.105. The lowest BCUT2D eigenvalue weighted by Gasteiger charge is -2.14. The number of sulfonamides is 1. The number of benzene rings is 3. The van der Waals surface area contributed by atoms with E-state index in [9.17, 15) is 13.2 Å². The molecule has 0 aliphatic rings. The number of anilines is 1. The van der Waals surface area contributed by atoms with Gasteiger partial charge in [-0.15, -0.1) is 0 Å². The van der Waals surface area contributed by atoms with Crippen LogP contribution in [0.5, 0.6) is 0 Å². The van der Waals surface area contributed by atoms with Gasteiger partial charge in [0.1, 0.15) is 0 Å². The van der Waals surface area contributed by atoms with Gasteiger partial charge in [0.25, 0.3) is 10.0 Å². The summed E-state index contributed by atoms with van der Waals surface area (Å²) in [5.41, 5.74) is 1.23. The van der Waals surface area contributed by atoms with Gasteiger partial charge in [-0.25, -0.2) is 13.2 Å². The van der Waals surface area contributed by atoms with Crippen LogP contribution in [0, 0.1) is 6.92 Å². The molecule has 0 bridgehead atoms. The molecule has 1 N–H and O–H groups in total. The fourth-order valence-corrected chi connectivity index (χ4v) is 4.38. The van der Waals surface area contributed by atoms with Gasteiger partial charge < -0.3 is 4.74 Å². The number of methoxy groups -OCH3 is 1. The van der Waals surface area contributed by atoms with Crippen molar-refractivity contribution in [1.29, 1.82) is 0 Å². The Balaban J connectivity index is 2.10. The molecule has 3 rings (SSSR count). The second-order valence-corrected chi connectivity index (χ2v) is 7.78. The highest BCUT2D eigenvalue weighted by Gasteiger charge is 2.20. The Kier molecular flexibility index (Phi) is 4.89. The van der Waals surface area contributed by atoms with Crippen molar-refractivity contribution in [3.05, 3.63) is 70.7 Å². The van der Waals surface area contributed by atoms with Gasteiger partial charge in [0.15, 0.2) is 0 Å². The Morgan fingerprint density at radius 2 is 1.77 bits per heavy atom. The first kappa shape index (κ1) is 18.2. The molecule has 3 aromatic carbocycles. The number of aryl methyl sites for hydroxylation is 1. The number of halogens is 1. The highest BCUT2D eigenvalue weighted by molar-refractivity contribution is 7.93. The lowest BCUT2D eigenvalue weighted by atomic mass is 10.1. The minimum atomic E-state index is -3.92. The zero-order chi connectivity index (χ0) is 18.9. The van der Waals surface area contributed by atoms with Crippen LogP contribution < -0.4 is 4.72 Å². The number of fused-ring (bicyclic) bond motifs is 1. The molecule has 0 saturated heterocycles. The molecule has 26 heavy (non-hydrogen) atoms. The zero-order valence-electron chi connectivity index (χ0n) is 14.1. The van der Waals surface area contributed by atoms with E-state index in [1.807, 2.05) is 0 Å². The maximum Gasteiger partial charge on any atom is 0.337 e. The Bertz CT molecular complexity index is 1100. The van der Waals surface area contributed by atoms with Gasteiger partial charge in [-0.1, -0.05) is 41.9 Å². The molecule has 0 aliphatic heterocycles. The number of carbonyl (C=O) groups is 1. The number of nitrogens with one attached hydrogen (secondary N) is 1. The second kappa shape index (κ2) is 6.97. The first-order valence-electron chi connectivity index (χ1n) is 7.72. The Morgan fingerprint density at radius 1 is 1.08 bits per heavy atom. The van der Waals surface area contributed by atoms with Crippen LogP contribution in [-0.2, 0) is 14.8 Å². The molecule has 0 heterocycles. The molecule has 134 valence electrons. The smallest absolute Gasteiger partial charge is 0.337 e. The average Bonchev–Trinajstić information content (AvgIpc) is 2.62. The summed E-state index contributed by atoms with van der Waals surface area (Å²) in [7, 11) is -2.65. The summed E-state index contributed by atoms with van der Waals surface area (Å²) < 4.78 is 33.2. The van der Waals surface area contributed by atoms with Crippen molar-refractivity contribution in [3.63, 3.8) is 0 Å². The van der Waals surface area contributed by atoms with E-state index in [2.05, 4.69) is 9.46 Å². The second-order valence-electron chi connectivity index (χ2n) is 5.72. The molecule has 0 fully saturated rings. The predicted molar refractivity (Wildman–Crippen MR) is 102 cm³/mol. The van der Waals surface area contributed by atoms with E-state index in [1.165, 1.54) is 19.2 Å². The summed E-state index contributed by atoms with van der Waals surface area (Å²) in [6.07, 6.45) is 0. The minimum absolute atomic E-state index is 0.0727. The van der Waals surface area contributed by atoms with E-state index in [0.29, 0.717) is 21.7 Å². The molecule has 3 aromatic rings. The summed E-state index contributed by atoms with van der Waals surface area (Å²) in [6, 6.07) is 14.8. The molecule has 0 saturated carbocycles. The number of hydrogen-bond acceptors (Lipinski definition) is 4. The third kappa shape index (κ3) is 3.38. The summed E-state index contributed by atoms with van der Waals surface area (Å²) in [5.74, 6) is -0.543. The van der Waals surface area contributed by atoms with Gasteiger partial charge in [0, 0.05) is 10.4 Å². The maximum atomic E-state index is 13.0. The molecular weight excluding hydrogens is 374 g/mol. The van der Waals surface area contributed by atoms with Crippen LogP contribution in [0.4, 0.5) is 5.69 Å². The number of rotatable bonds is 4. The van der Waals surface area contributed by atoms with Gasteiger partial charge in [-0.2, -0.15) is 0 Å². The van der Waals surface area contributed by atoms with Crippen molar-refractivity contribution in [2.75, 3.05) is 11.8 Å². The zero-order valence-corrected chi connectivity index (χ0v) is 15.7. The number of esters is 1. The molecule has 0 aromatic heterocycles. The van der Waals surface area contributed by atoms with Crippen molar-refractivity contribution in [1.82, 2.24) is 0 Å². The van der Waals surface area contributed by atoms with Gasteiger partial charge in [-0.05, 0) is 42.1 Å². The van der Waals surface area contributed by atoms with Gasteiger partial charge in [-0.3, -0.25) is 4.72 Å². The monoisotopic (exact) mass is 389 g/mol. The Labute approximate surface area is 156 Å². The third-order valence-corrected chi connectivity index (χ3v) is 5.73. The van der Waals surface area contributed by atoms with Crippen LogP contribution in [0.1, 0.15) is 15.9 Å². The van der Waals surface area contributed by atoms with E-state index in [-0.39, 0.29) is 10.5 Å². The van der Waals surface area contributed by atoms with Crippen molar-refractivity contribution in [3.8, 4) is 0 Å². The highest BCUT2D eigenvalue weighted by atomic mass is 35.5. The van der Waals surface area contributed by atoms with Crippen LogP contribution in [0.25, 0.3) is 10.8 Å². The molecule has 5 nitrogen and oxygen atoms in total. The number of ether oxygens (including phenoxy) is 1. The normalized spacial score (nSPS) is 11.3. The van der Waals surface area contributed by atoms with Crippen LogP contribution in [0.2, 0.25) is 5.02 Å². The number of hydrogen-bond donors (Lipinski definition) is 1. The van der Waals surface area contributed by atoms with Crippen molar-refractivity contribution in [2.45, 2.75) is 11.8 Å². The van der Waals surface area contributed by atoms with Crippen LogP contribution in [0.3, 0.4) is 0 Å². The minimum Gasteiger partial charge on any atom is -0.465 e. The van der Waals surface area contributed by atoms with E-state index >= 15 is 0 Å². The summed E-state index contributed by atoms with van der Waals surface area (Å²) in [6.45, 7) is 1.75. The van der Waals surface area contributed by atoms with Crippen LogP contribution in [-0.4, -0.2) is 21.5 Å². The third-order valence-electron chi connectivity index (χ3n) is 4.01. The molecule has 0 amide bonds. The molecule has 0 atom stereocenters. The molecular formula is C19H16ClNO4S. The Hall–Kier alpha value is -2.57. The molecule has 0 aliphatic carbocycles. The van der Waals surface area contributed by atoms with E-state index < -0.39 is 16.0 Å². The molecule has 0 radical (unpaired) electrons. The molecule has 0 unspecified atom stereocenters. The molecule has 7 heteroatoms. The summed E-state index contributed by atoms with van der Waals surface area (Å²) in [4.78, 5) is 11.8. The van der Waals surface area contributed by atoms with Crippen LogP contribution in [0.15, 0.2) is 59.5 Å². The van der Waals surface area contributed by atoms with Crippen molar-refractivity contribution >= 4 is 44.1 Å². The maximum absolute atomic E-state index is 13.0. The van der Waals surface area contributed by atoms with E-state index in [1.54, 1.807) is 49.4 Å². The lowest BCUT2D eigenvalue weighted by molar-refractivity contribution is 0.0601. The average molecular weight is 390 g/mol. The quantitative estimate of drug-likeness (QED) is 0.671. The van der Waals surface area contributed by atoms with Crippen LogP contribution >= 0.6 is 11.6 Å². The van der Waals surface area contributed by atoms with E-state index in [0.717, 1.165) is 5.39 Å². The van der Waals surface area contributed by atoms with Gasteiger partial charge in [0.2, 0.25) is 0 Å². The summed E-state index contributed by atoms with van der Waals surface area (Å²) >= 11 is 6.23. The standard InChI is InChI=1S/C19H16ClNO4S/c1-12-9-10-14(19(22)25-2)11-16(12)21-26(23,24)17-8-4-6-13-5-3-7-15(20)18(13)17/h3-11,21H,1-2H3. The largest absolute Gasteiger partial charge is 0.465 e. The molecule has 0 spiro atoms. The van der Waals surface area contributed by atoms with Gasteiger partial charge >= 0.3 is 5.97 Å². The van der Waals surface area contributed by atoms with E-state index in [4.69, 9.17) is 11.6 Å². The van der Waals surface area contributed by atoms with Gasteiger partial charge in [0.05, 0.1) is 23.3 Å². The van der Waals surface area contributed by atoms with Crippen molar-refractivity contribution in [2.24, 2.45) is 0 Å². The first-order valence-corrected chi connectivity index (χ1v) is 9.58. The number of carbonyl (C=O) groups excluding carboxylic acids is 1. The fourth-order valence-electron chi connectivity index (χ4n) is 2.66. The SMILES string of the molecule is COC(=O)c1ccc(C)c(NS(=O)(=O)c2cccc3cccc(Cl)c23)c1. The highest BCUT2D eigenvalue weighted by Crippen LogP contribution is 2.31. The first-order chi connectivity index (χ1) is 12.3. The summed E-state index contributed by atoms with van der Waals surface area (Å²) in [5, 5.41) is 1.52. The predicted octanol–water partition coefficient (Wildman–Crippen LogP) is 4.39. The lowest BCUT2D eigenvalue weighted by Crippen LogP contribution is -2.15. The Morgan fingerprint density at radius 3 is 2.46 bits per heavy atom. The topological polar surface area (TPSA) is 72.5 Å².